The summed E-state index contributed by atoms with van der Waals surface area (Å²) < 4.78 is 10.8. The molecule has 1 aliphatic heterocycles. The van der Waals surface area contributed by atoms with E-state index in [9.17, 15) is 4.21 Å². The molecule has 1 heterocycles. The molecule has 0 aliphatic carbocycles. The lowest BCUT2D eigenvalue weighted by Gasteiger charge is -2.14. The summed E-state index contributed by atoms with van der Waals surface area (Å²) >= 11 is 3.44. The maximum Gasteiger partial charge on any atom is 0.0360 e. The quantitative estimate of drug-likeness (QED) is 0.535. The summed E-state index contributed by atoms with van der Waals surface area (Å²) in [6.45, 7) is 0. The van der Waals surface area contributed by atoms with E-state index >= 15 is 0 Å². The van der Waals surface area contributed by atoms with E-state index in [0.717, 1.165) is 17.9 Å². The molecule has 8 heavy (non-hydrogen) atoms. The molecule has 0 N–H and O–H groups in total. The topological polar surface area (TPSA) is 17.1 Å². The van der Waals surface area contributed by atoms with Gasteiger partial charge in [-0.2, -0.15) is 0 Å². The van der Waals surface area contributed by atoms with Crippen molar-refractivity contribution in [3.63, 3.8) is 0 Å². The van der Waals surface area contributed by atoms with Gasteiger partial charge in [0, 0.05) is 27.1 Å². The van der Waals surface area contributed by atoms with Crippen molar-refractivity contribution < 1.29 is 4.21 Å². The van der Waals surface area contributed by atoms with E-state index in [1.165, 1.54) is 6.42 Å². The molecule has 0 spiro atoms. The first-order valence-electron chi connectivity index (χ1n) is 2.78. The molecule has 3 heteroatoms. The summed E-state index contributed by atoms with van der Waals surface area (Å²) in [5.41, 5.74) is 0. The van der Waals surface area contributed by atoms with Crippen LogP contribution in [0.25, 0.3) is 0 Å². The summed E-state index contributed by atoms with van der Waals surface area (Å²) in [5.74, 6) is 1.78. The third-order valence-electron chi connectivity index (χ3n) is 1.26. The Morgan fingerprint density at radius 2 is 2.38 bits per heavy atom. The monoisotopic (exact) mass is 196 g/mol. The Morgan fingerprint density at radius 1 is 1.62 bits per heavy atom. The third-order valence-corrected chi connectivity index (χ3v) is 3.98. The van der Waals surface area contributed by atoms with Crippen molar-refractivity contribution in [3.8, 4) is 0 Å². The zero-order valence-corrected chi connectivity index (χ0v) is 7.00. The smallest absolute Gasteiger partial charge is 0.0360 e. The van der Waals surface area contributed by atoms with Crippen LogP contribution in [0.4, 0.5) is 0 Å². The molecule has 0 bridgehead atoms. The van der Waals surface area contributed by atoms with E-state index in [0.29, 0.717) is 4.83 Å². The first-order valence-corrected chi connectivity index (χ1v) is 5.18. The minimum Gasteiger partial charge on any atom is -0.260 e. The Morgan fingerprint density at radius 3 is 2.75 bits per heavy atom. The minimum absolute atomic E-state index is 0.517. The zero-order valence-electron chi connectivity index (χ0n) is 4.60. The summed E-state index contributed by atoms with van der Waals surface area (Å²) in [6.07, 6.45) is 2.33. The predicted molar refractivity (Wildman–Crippen MR) is 39.8 cm³/mol. The highest BCUT2D eigenvalue weighted by Crippen LogP contribution is 2.15. The largest absolute Gasteiger partial charge is 0.260 e. The lowest BCUT2D eigenvalue weighted by atomic mass is 10.3. The predicted octanol–water partition coefficient (Wildman–Crippen LogP) is 1.29. The maximum atomic E-state index is 10.8. The van der Waals surface area contributed by atoms with Gasteiger partial charge in [0.25, 0.3) is 0 Å². The second-order valence-corrected chi connectivity index (χ2v) is 4.97. The Hall–Kier alpha value is 0.630. The molecule has 0 unspecified atom stereocenters. The van der Waals surface area contributed by atoms with Crippen LogP contribution in [-0.4, -0.2) is 20.5 Å². The number of hydrogen-bond acceptors (Lipinski definition) is 1. The fourth-order valence-corrected chi connectivity index (χ4v) is 3.27. The molecule has 0 amide bonds. The van der Waals surface area contributed by atoms with E-state index in [1.807, 2.05) is 0 Å². The Labute approximate surface area is 60.4 Å². The van der Waals surface area contributed by atoms with Crippen molar-refractivity contribution in [3.05, 3.63) is 0 Å². The van der Waals surface area contributed by atoms with Crippen LogP contribution < -0.4 is 0 Å². The summed E-state index contributed by atoms with van der Waals surface area (Å²) in [7, 11) is -0.517. The van der Waals surface area contributed by atoms with Crippen molar-refractivity contribution in [1.82, 2.24) is 0 Å². The standard InChI is InChI=1S/C5H9BrOS/c6-5-2-1-3-8(7)4-5/h5H,1-4H2/t5-,8-/m0/s1. The van der Waals surface area contributed by atoms with Crippen molar-refractivity contribution in [2.24, 2.45) is 0 Å². The summed E-state index contributed by atoms with van der Waals surface area (Å²) in [4.78, 5) is 0.525. The second-order valence-electron chi connectivity index (χ2n) is 2.05. The molecule has 1 nitrogen and oxygen atoms in total. The lowest BCUT2D eigenvalue weighted by Crippen LogP contribution is -2.19. The highest BCUT2D eigenvalue weighted by atomic mass is 79.9. The first-order chi connectivity index (χ1) is 3.79. The number of rotatable bonds is 0. The molecule has 2 atom stereocenters. The molecule has 48 valence electrons. The maximum absolute atomic E-state index is 10.8. The second kappa shape index (κ2) is 2.97. The van der Waals surface area contributed by atoms with Crippen molar-refractivity contribution in [1.29, 1.82) is 0 Å². The fourth-order valence-electron chi connectivity index (χ4n) is 0.834. The van der Waals surface area contributed by atoms with Gasteiger partial charge in [-0.15, -0.1) is 0 Å². The molecule has 1 fully saturated rings. The SMILES string of the molecule is O=[S@]1CCC[C@H](Br)C1. The first kappa shape index (κ1) is 6.75. The van der Waals surface area contributed by atoms with Crippen LogP contribution in [0.3, 0.4) is 0 Å². The van der Waals surface area contributed by atoms with Gasteiger partial charge in [-0.25, -0.2) is 0 Å². The normalized spacial score (nSPS) is 39.6. The molecule has 1 rings (SSSR count). The summed E-state index contributed by atoms with van der Waals surface area (Å²) in [6, 6.07) is 0. The number of hydrogen-bond donors (Lipinski definition) is 0. The van der Waals surface area contributed by atoms with Crippen molar-refractivity contribution in [2.75, 3.05) is 11.5 Å². The van der Waals surface area contributed by atoms with E-state index in [2.05, 4.69) is 15.9 Å². The molecule has 0 radical (unpaired) electrons. The Balaban J connectivity index is 2.34. The van der Waals surface area contributed by atoms with Crippen molar-refractivity contribution in [2.45, 2.75) is 17.7 Å². The molecule has 0 aromatic rings. The number of alkyl halides is 1. The zero-order chi connectivity index (χ0) is 5.98. The van der Waals surface area contributed by atoms with Gasteiger partial charge in [0.15, 0.2) is 0 Å². The third kappa shape index (κ3) is 1.86. The van der Waals surface area contributed by atoms with Gasteiger partial charge in [0.2, 0.25) is 0 Å². The van der Waals surface area contributed by atoms with Crippen molar-refractivity contribution >= 4 is 26.7 Å². The van der Waals surface area contributed by atoms with E-state index in [4.69, 9.17) is 0 Å². The van der Waals surface area contributed by atoms with Gasteiger partial charge >= 0.3 is 0 Å². The summed E-state index contributed by atoms with van der Waals surface area (Å²) in [5, 5.41) is 0. The fraction of sp³-hybridized carbons (Fsp3) is 1.00. The van der Waals surface area contributed by atoms with Gasteiger partial charge in [-0.3, -0.25) is 4.21 Å². The highest BCUT2D eigenvalue weighted by Gasteiger charge is 2.14. The molecular formula is C5H9BrOS. The molecule has 0 aromatic carbocycles. The van der Waals surface area contributed by atoms with Gasteiger partial charge in [0.1, 0.15) is 0 Å². The Bertz CT molecular complexity index is 105. The molecular weight excluding hydrogens is 188 g/mol. The molecule has 0 saturated carbocycles. The van der Waals surface area contributed by atoms with Crippen LogP contribution in [0.15, 0.2) is 0 Å². The van der Waals surface area contributed by atoms with Gasteiger partial charge < -0.3 is 0 Å². The molecule has 1 saturated heterocycles. The van der Waals surface area contributed by atoms with Gasteiger partial charge in [-0.1, -0.05) is 15.9 Å². The van der Waals surface area contributed by atoms with Crippen LogP contribution in [0.1, 0.15) is 12.8 Å². The highest BCUT2D eigenvalue weighted by molar-refractivity contribution is 9.09. The number of halogens is 1. The van der Waals surface area contributed by atoms with Crippen LogP contribution in [-0.2, 0) is 10.8 Å². The average molecular weight is 197 g/mol. The van der Waals surface area contributed by atoms with E-state index in [1.54, 1.807) is 0 Å². The lowest BCUT2D eigenvalue weighted by molar-refractivity contribution is 0.663. The average Bonchev–Trinajstić information content (AvgIpc) is 1.64. The van der Waals surface area contributed by atoms with E-state index < -0.39 is 10.8 Å². The van der Waals surface area contributed by atoms with Gasteiger partial charge in [0.05, 0.1) is 0 Å². The minimum atomic E-state index is -0.517. The van der Waals surface area contributed by atoms with Gasteiger partial charge in [-0.05, 0) is 12.8 Å². The molecule has 1 aliphatic rings. The van der Waals surface area contributed by atoms with E-state index in [-0.39, 0.29) is 0 Å². The Kier molecular flexibility index (Phi) is 2.50. The van der Waals surface area contributed by atoms with Crippen LogP contribution in [0.5, 0.6) is 0 Å². The molecule has 0 aromatic heterocycles. The van der Waals surface area contributed by atoms with Crippen LogP contribution in [0.2, 0.25) is 0 Å². The van der Waals surface area contributed by atoms with Crippen LogP contribution >= 0.6 is 15.9 Å². The van der Waals surface area contributed by atoms with Crippen LogP contribution in [0, 0.1) is 0 Å².